The second-order valence-corrected chi connectivity index (χ2v) is 6.13. The normalized spacial score (nSPS) is 12.1. The van der Waals surface area contributed by atoms with Gasteiger partial charge < -0.3 is 10.1 Å². The van der Waals surface area contributed by atoms with Gasteiger partial charge in [0.15, 0.2) is 0 Å². The van der Waals surface area contributed by atoms with Crippen LogP contribution >= 0.6 is 23.2 Å². The number of methoxy groups -OCH3 is 1. The van der Waals surface area contributed by atoms with Crippen LogP contribution in [0.2, 0.25) is 10.0 Å². The van der Waals surface area contributed by atoms with Crippen molar-refractivity contribution in [2.24, 2.45) is 0 Å². The summed E-state index contributed by atoms with van der Waals surface area (Å²) in [5, 5.41) is 3.94. The molecule has 1 N–H and O–H groups in total. The molecule has 0 heterocycles. The van der Waals surface area contributed by atoms with Crippen molar-refractivity contribution in [2.75, 3.05) is 27.2 Å². The molecule has 0 fully saturated rings. The van der Waals surface area contributed by atoms with Gasteiger partial charge in [-0.1, -0.05) is 29.3 Å². The number of esters is 1. The van der Waals surface area contributed by atoms with E-state index in [1.165, 1.54) is 7.11 Å². The molecule has 7 heteroatoms. The van der Waals surface area contributed by atoms with Gasteiger partial charge in [-0.05, 0) is 38.1 Å². The number of likely N-dealkylation sites (N-methyl/N-ethyl adjacent to an activating group) is 1. The molecule has 0 saturated heterocycles. The molecule has 0 aliphatic carbocycles. The van der Waals surface area contributed by atoms with Crippen molar-refractivity contribution in [2.45, 2.75) is 25.8 Å². The van der Waals surface area contributed by atoms with Gasteiger partial charge in [-0.15, -0.1) is 0 Å². The van der Waals surface area contributed by atoms with Gasteiger partial charge in [-0.25, -0.2) is 0 Å². The van der Waals surface area contributed by atoms with Gasteiger partial charge in [0.25, 0.3) is 0 Å². The molecule has 1 rings (SSSR count). The quantitative estimate of drug-likeness (QED) is 0.571. The van der Waals surface area contributed by atoms with E-state index in [2.05, 4.69) is 10.1 Å². The summed E-state index contributed by atoms with van der Waals surface area (Å²) in [6.45, 7) is 2.65. The summed E-state index contributed by atoms with van der Waals surface area (Å²) in [6, 6.07) is 5.30. The van der Waals surface area contributed by atoms with Crippen molar-refractivity contribution in [3.63, 3.8) is 0 Å². The third-order valence-corrected chi connectivity index (χ3v) is 4.14. The highest BCUT2D eigenvalue weighted by molar-refractivity contribution is 6.35. The van der Waals surface area contributed by atoms with E-state index in [1.54, 1.807) is 12.1 Å². The van der Waals surface area contributed by atoms with E-state index in [9.17, 15) is 9.59 Å². The molecule has 0 bridgehead atoms. The summed E-state index contributed by atoms with van der Waals surface area (Å²) in [5.74, 6) is -0.378. The van der Waals surface area contributed by atoms with Gasteiger partial charge in [0.1, 0.15) is 0 Å². The topological polar surface area (TPSA) is 58.6 Å². The SMILES string of the molecule is COC(=O)CCCNC(=O)CN(C)C(C)c1ccc(Cl)cc1Cl. The molecule has 1 amide bonds. The lowest BCUT2D eigenvalue weighted by atomic mass is 10.1. The van der Waals surface area contributed by atoms with Crippen LogP contribution in [0.4, 0.5) is 0 Å². The zero-order valence-electron chi connectivity index (χ0n) is 13.6. The minimum atomic E-state index is -0.276. The molecule has 1 aromatic carbocycles. The Balaban J connectivity index is 2.43. The molecule has 0 saturated carbocycles. The Morgan fingerprint density at radius 3 is 2.65 bits per heavy atom. The molecular weight excluding hydrogens is 339 g/mol. The average molecular weight is 361 g/mol. The van der Waals surface area contributed by atoms with E-state index in [0.717, 1.165) is 5.56 Å². The predicted molar refractivity (Wildman–Crippen MR) is 91.8 cm³/mol. The summed E-state index contributed by atoms with van der Waals surface area (Å²) in [5.41, 5.74) is 0.914. The molecule has 0 spiro atoms. The van der Waals surface area contributed by atoms with Crippen LogP contribution in [0.15, 0.2) is 18.2 Å². The van der Waals surface area contributed by atoms with E-state index < -0.39 is 0 Å². The summed E-state index contributed by atoms with van der Waals surface area (Å²) < 4.78 is 4.54. The van der Waals surface area contributed by atoms with Gasteiger partial charge in [0.05, 0.1) is 13.7 Å². The molecular formula is C16H22Cl2N2O3. The third kappa shape index (κ3) is 6.77. The lowest BCUT2D eigenvalue weighted by Gasteiger charge is -2.25. The smallest absolute Gasteiger partial charge is 0.305 e. The Morgan fingerprint density at radius 1 is 1.35 bits per heavy atom. The number of nitrogens with zero attached hydrogens (tertiary/aromatic N) is 1. The van der Waals surface area contributed by atoms with E-state index in [4.69, 9.17) is 23.2 Å². The number of rotatable bonds is 8. The van der Waals surface area contributed by atoms with Gasteiger partial charge >= 0.3 is 5.97 Å². The first-order chi connectivity index (χ1) is 10.8. The van der Waals surface area contributed by atoms with Crippen molar-refractivity contribution in [3.8, 4) is 0 Å². The van der Waals surface area contributed by atoms with Crippen LogP contribution in [-0.2, 0) is 14.3 Å². The second-order valence-electron chi connectivity index (χ2n) is 5.29. The Kier molecular flexibility index (Phi) is 8.37. The van der Waals surface area contributed by atoms with Crippen LogP contribution in [0.25, 0.3) is 0 Å². The van der Waals surface area contributed by atoms with Crippen molar-refractivity contribution in [1.82, 2.24) is 10.2 Å². The Labute approximate surface area is 146 Å². The fourth-order valence-corrected chi connectivity index (χ4v) is 2.63. The van der Waals surface area contributed by atoms with E-state index in [-0.39, 0.29) is 24.5 Å². The first-order valence-electron chi connectivity index (χ1n) is 7.33. The third-order valence-electron chi connectivity index (χ3n) is 3.57. The van der Waals surface area contributed by atoms with Gasteiger partial charge in [0.2, 0.25) is 5.91 Å². The summed E-state index contributed by atoms with van der Waals surface area (Å²) >= 11 is 12.1. The Bertz CT molecular complexity index is 552. The maximum Gasteiger partial charge on any atom is 0.305 e. The number of amides is 1. The molecule has 5 nitrogen and oxygen atoms in total. The van der Waals surface area contributed by atoms with Crippen LogP contribution in [0, 0.1) is 0 Å². The molecule has 1 unspecified atom stereocenters. The second kappa shape index (κ2) is 9.75. The van der Waals surface area contributed by atoms with Crippen LogP contribution in [0.3, 0.4) is 0 Å². The van der Waals surface area contributed by atoms with Gasteiger partial charge in [0, 0.05) is 29.1 Å². The molecule has 0 aromatic heterocycles. The molecule has 0 radical (unpaired) electrons. The highest BCUT2D eigenvalue weighted by atomic mass is 35.5. The zero-order chi connectivity index (χ0) is 17.4. The first-order valence-corrected chi connectivity index (χ1v) is 8.09. The van der Waals surface area contributed by atoms with Crippen molar-refractivity contribution < 1.29 is 14.3 Å². The van der Waals surface area contributed by atoms with Crippen LogP contribution in [0.1, 0.15) is 31.4 Å². The zero-order valence-corrected chi connectivity index (χ0v) is 15.1. The Morgan fingerprint density at radius 2 is 2.04 bits per heavy atom. The Hall–Kier alpha value is -1.30. The fourth-order valence-electron chi connectivity index (χ4n) is 2.06. The number of carbonyl (C=O) groups excluding carboxylic acids is 2. The van der Waals surface area contributed by atoms with E-state index >= 15 is 0 Å². The number of hydrogen-bond acceptors (Lipinski definition) is 4. The highest BCUT2D eigenvalue weighted by Crippen LogP contribution is 2.28. The summed E-state index contributed by atoms with van der Waals surface area (Å²) in [6.07, 6.45) is 0.851. The van der Waals surface area contributed by atoms with Gasteiger partial charge in [-0.2, -0.15) is 0 Å². The largest absolute Gasteiger partial charge is 0.469 e. The van der Waals surface area contributed by atoms with Crippen LogP contribution in [0.5, 0.6) is 0 Å². The number of benzene rings is 1. The number of hydrogen-bond donors (Lipinski definition) is 1. The van der Waals surface area contributed by atoms with E-state index in [1.807, 2.05) is 24.9 Å². The van der Waals surface area contributed by atoms with E-state index in [0.29, 0.717) is 29.4 Å². The van der Waals surface area contributed by atoms with Crippen LogP contribution < -0.4 is 5.32 Å². The number of carbonyl (C=O) groups is 2. The molecule has 1 aromatic rings. The van der Waals surface area contributed by atoms with Crippen molar-refractivity contribution in [3.05, 3.63) is 33.8 Å². The molecule has 128 valence electrons. The lowest BCUT2D eigenvalue weighted by molar-refractivity contribution is -0.140. The van der Waals surface area contributed by atoms with Crippen molar-refractivity contribution in [1.29, 1.82) is 0 Å². The van der Waals surface area contributed by atoms with Crippen LogP contribution in [-0.4, -0.2) is 44.0 Å². The summed E-state index contributed by atoms with van der Waals surface area (Å²) in [4.78, 5) is 24.8. The highest BCUT2D eigenvalue weighted by Gasteiger charge is 2.17. The first kappa shape index (κ1) is 19.7. The monoisotopic (exact) mass is 360 g/mol. The standard InChI is InChI=1S/C16H22Cl2N2O3/c1-11(13-7-6-12(17)9-14(13)18)20(2)10-15(21)19-8-4-5-16(22)23-3/h6-7,9,11H,4-5,8,10H2,1-3H3,(H,19,21). The average Bonchev–Trinajstić information content (AvgIpc) is 2.50. The molecule has 23 heavy (non-hydrogen) atoms. The minimum Gasteiger partial charge on any atom is -0.469 e. The minimum absolute atomic E-state index is 0.0272. The van der Waals surface area contributed by atoms with Crippen molar-refractivity contribution >= 4 is 35.1 Å². The number of nitrogens with one attached hydrogen (secondary N) is 1. The predicted octanol–water partition coefficient (Wildman–Crippen LogP) is 3.06. The summed E-state index contributed by atoms with van der Waals surface area (Å²) in [7, 11) is 3.20. The maximum absolute atomic E-state index is 11.9. The maximum atomic E-state index is 11.9. The number of halogens is 2. The fraction of sp³-hybridized carbons (Fsp3) is 0.500. The number of ether oxygens (including phenoxy) is 1. The molecule has 0 aliphatic rings. The molecule has 1 atom stereocenters. The lowest BCUT2D eigenvalue weighted by Crippen LogP contribution is -2.37. The van der Waals surface area contributed by atoms with Gasteiger partial charge in [-0.3, -0.25) is 14.5 Å². The molecule has 0 aliphatic heterocycles.